The molecule has 1 N–H and O–H groups in total. The van der Waals surface area contributed by atoms with E-state index >= 15 is 0 Å². The van der Waals surface area contributed by atoms with Gasteiger partial charge in [0, 0.05) is 38.4 Å². The van der Waals surface area contributed by atoms with Gasteiger partial charge in [0.15, 0.2) is 0 Å². The second-order valence-corrected chi connectivity index (χ2v) is 6.54. The first-order chi connectivity index (χ1) is 13.2. The SMILES string of the molecule is N#Cc1ccc(CN2CCCN(C(=O)Nc3ccc(C#N)cc3)CC2)cc1. The van der Waals surface area contributed by atoms with E-state index < -0.39 is 0 Å². The first-order valence-corrected chi connectivity index (χ1v) is 8.95. The number of nitrogens with zero attached hydrogens (tertiary/aromatic N) is 4. The van der Waals surface area contributed by atoms with E-state index in [0.29, 0.717) is 29.9 Å². The van der Waals surface area contributed by atoms with Crippen LogP contribution in [0.5, 0.6) is 0 Å². The maximum Gasteiger partial charge on any atom is 0.321 e. The molecular weight excluding hydrogens is 338 g/mol. The van der Waals surface area contributed by atoms with Crippen molar-refractivity contribution in [3.63, 3.8) is 0 Å². The van der Waals surface area contributed by atoms with Gasteiger partial charge in [-0.1, -0.05) is 12.1 Å². The number of carbonyl (C=O) groups excluding carboxylic acids is 1. The van der Waals surface area contributed by atoms with Gasteiger partial charge in [0.1, 0.15) is 0 Å². The molecule has 1 heterocycles. The lowest BCUT2D eigenvalue weighted by Gasteiger charge is -2.22. The Hall–Kier alpha value is -3.35. The zero-order valence-corrected chi connectivity index (χ0v) is 15.1. The number of rotatable bonds is 3. The van der Waals surface area contributed by atoms with Crippen molar-refractivity contribution >= 4 is 11.7 Å². The minimum absolute atomic E-state index is 0.111. The Kier molecular flexibility index (Phi) is 6.04. The van der Waals surface area contributed by atoms with E-state index in [1.54, 1.807) is 24.3 Å². The molecule has 0 radical (unpaired) electrons. The maximum atomic E-state index is 12.5. The quantitative estimate of drug-likeness (QED) is 0.912. The smallest absolute Gasteiger partial charge is 0.321 e. The van der Waals surface area contributed by atoms with Crippen LogP contribution in [0.3, 0.4) is 0 Å². The van der Waals surface area contributed by atoms with Gasteiger partial charge in [0.25, 0.3) is 0 Å². The van der Waals surface area contributed by atoms with Crippen LogP contribution >= 0.6 is 0 Å². The average Bonchev–Trinajstić information content (AvgIpc) is 2.95. The number of benzene rings is 2. The molecule has 0 saturated carbocycles. The van der Waals surface area contributed by atoms with Crippen molar-refractivity contribution in [1.29, 1.82) is 10.5 Å². The number of hydrogen-bond acceptors (Lipinski definition) is 4. The Morgan fingerprint density at radius 2 is 1.52 bits per heavy atom. The molecule has 3 rings (SSSR count). The minimum atomic E-state index is -0.111. The van der Waals surface area contributed by atoms with Gasteiger partial charge in [-0.3, -0.25) is 4.90 Å². The molecule has 1 aliphatic rings. The van der Waals surface area contributed by atoms with E-state index in [2.05, 4.69) is 22.4 Å². The van der Waals surface area contributed by atoms with Crippen LogP contribution in [0.15, 0.2) is 48.5 Å². The summed E-state index contributed by atoms with van der Waals surface area (Å²) in [7, 11) is 0. The Bertz CT molecular complexity index is 861. The Balaban J connectivity index is 1.53. The van der Waals surface area contributed by atoms with Gasteiger partial charge in [0.05, 0.1) is 23.3 Å². The van der Waals surface area contributed by atoms with Crippen molar-refractivity contribution in [2.75, 3.05) is 31.5 Å². The summed E-state index contributed by atoms with van der Waals surface area (Å²) in [6.07, 6.45) is 0.914. The summed E-state index contributed by atoms with van der Waals surface area (Å²) < 4.78 is 0. The molecule has 1 saturated heterocycles. The number of carbonyl (C=O) groups is 1. The van der Waals surface area contributed by atoms with Crippen LogP contribution in [0.1, 0.15) is 23.1 Å². The zero-order valence-electron chi connectivity index (χ0n) is 15.1. The first-order valence-electron chi connectivity index (χ1n) is 8.95. The fourth-order valence-corrected chi connectivity index (χ4v) is 3.11. The van der Waals surface area contributed by atoms with Crippen LogP contribution in [-0.2, 0) is 6.54 Å². The molecular formula is C21H21N5O. The summed E-state index contributed by atoms with van der Waals surface area (Å²) in [5.74, 6) is 0. The lowest BCUT2D eigenvalue weighted by molar-refractivity contribution is 0.211. The second kappa shape index (κ2) is 8.84. The normalized spacial score (nSPS) is 14.7. The van der Waals surface area contributed by atoms with Crippen LogP contribution in [0.4, 0.5) is 10.5 Å². The number of anilines is 1. The zero-order chi connectivity index (χ0) is 19.1. The van der Waals surface area contributed by atoms with E-state index in [0.717, 1.165) is 26.1 Å². The van der Waals surface area contributed by atoms with Crippen molar-refractivity contribution in [2.24, 2.45) is 0 Å². The molecule has 1 aliphatic heterocycles. The summed E-state index contributed by atoms with van der Waals surface area (Å²) in [5, 5.41) is 20.6. The van der Waals surface area contributed by atoms with Crippen molar-refractivity contribution in [2.45, 2.75) is 13.0 Å². The summed E-state index contributed by atoms with van der Waals surface area (Å²) >= 11 is 0. The third-order valence-electron chi connectivity index (χ3n) is 4.63. The molecule has 6 nitrogen and oxygen atoms in total. The van der Waals surface area contributed by atoms with E-state index in [4.69, 9.17) is 10.5 Å². The summed E-state index contributed by atoms with van der Waals surface area (Å²) in [6.45, 7) is 3.93. The molecule has 0 aromatic heterocycles. The highest BCUT2D eigenvalue weighted by Crippen LogP contribution is 2.13. The fraction of sp³-hybridized carbons (Fsp3) is 0.286. The number of amides is 2. The van der Waals surface area contributed by atoms with Crippen LogP contribution in [0.25, 0.3) is 0 Å². The number of urea groups is 1. The highest BCUT2D eigenvalue weighted by molar-refractivity contribution is 5.89. The number of hydrogen-bond donors (Lipinski definition) is 1. The standard InChI is InChI=1S/C21H21N5O/c22-14-17-2-4-19(5-3-17)16-25-10-1-11-26(13-12-25)21(27)24-20-8-6-18(15-23)7-9-20/h2-9H,1,10-13,16H2,(H,24,27). The van der Waals surface area contributed by atoms with Crippen LogP contribution < -0.4 is 5.32 Å². The van der Waals surface area contributed by atoms with Gasteiger partial charge in [-0.2, -0.15) is 10.5 Å². The van der Waals surface area contributed by atoms with Crippen LogP contribution in [0, 0.1) is 22.7 Å². The summed E-state index contributed by atoms with van der Waals surface area (Å²) in [5.41, 5.74) is 3.10. The van der Waals surface area contributed by atoms with Crippen molar-refractivity contribution < 1.29 is 4.79 Å². The summed E-state index contributed by atoms with van der Waals surface area (Å²) in [4.78, 5) is 16.7. The molecule has 2 aromatic rings. The largest absolute Gasteiger partial charge is 0.323 e. The second-order valence-electron chi connectivity index (χ2n) is 6.54. The van der Waals surface area contributed by atoms with Gasteiger partial charge in [0.2, 0.25) is 0 Å². The molecule has 0 aliphatic carbocycles. The molecule has 0 atom stereocenters. The predicted octanol–water partition coefficient (Wildman–Crippen LogP) is 3.17. The van der Waals surface area contributed by atoms with E-state index in [-0.39, 0.29) is 6.03 Å². The monoisotopic (exact) mass is 359 g/mol. The van der Waals surface area contributed by atoms with Gasteiger partial charge >= 0.3 is 6.03 Å². The Labute approximate surface area is 159 Å². The van der Waals surface area contributed by atoms with Gasteiger partial charge in [-0.05, 0) is 48.4 Å². The molecule has 0 unspecified atom stereocenters. The number of nitrogens with one attached hydrogen (secondary N) is 1. The molecule has 136 valence electrons. The lowest BCUT2D eigenvalue weighted by Crippen LogP contribution is -2.38. The van der Waals surface area contributed by atoms with Gasteiger partial charge in [-0.15, -0.1) is 0 Å². The van der Waals surface area contributed by atoms with E-state index in [1.807, 2.05) is 29.2 Å². The lowest BCUT2D eigenvalue weighted by atomic mass is 10.1. The van der Waals surface area contributed by atoms with Crippen molar-refractivity contribution in [1.82, 2.24) is 9.80 Å². The minimum Gasteiger partial charge on any atom is -0.323 e. The van der Waals surface area contributed by atoms with Crippen LogP contribution in [-0.4, -0.2) is 42.0 Å². The molecule has 1 fully saturated rings. The van der Waals surface area contributed by atoms with E-state index in [9.17, 15) is 4.79 Å². The number of nitriles is 2. The molecule has 0 spiro atoms. The highest BCUT2D eigenvalue weighted by atomic mass is 16.2. The first kappa shape index (κ1) is 18.4. The topological polar surface area (TPSA) is 83.2 Å². The molecule has 0 bridgehead atoms. The Morgan fingerprint density at radius 1 is 0.889 bits per heavy atom. The van der Waals surface area contributed by atoms with Gasteiger partial charge < -0.3 is 10.2 Å². The van der Waals surface area contributed by atoms with Crippen molar-refractivity contribution in [3.05, 3.63) is 65.2 Å². The predicted molar refractivity (Wildman–Crippen MR) is 103 cm³/mol. The Morgan fingerprint density at radius 3 is 2.15 bits per heavy atom. The van der Waals surface area contributed by atoms with Crippen molar-refractivity contribution in [3.8, 4) is 12.1 Å². The molecule has 2 aromatic carbocycles. The third-order valence-corrected chi connectivity index (χ3v) is 4.63. The highest BCUT2D eigenvalue weighted by Gasteiger charge is 2.19. The van der Waals surface area contributed by atoms with Gasteiger partial charge in [-0.25, -0.2) is 4.79 Å². The molecule has 2 amide bonds. The fourth-order valence-electron chi connectivity index (χ4n) is 3.11. The summed E-state index contributed by atoms with van der Waals surface area (Å²) in [6, 6.07) is 18.6. The third kappa shape index (κ3) is 5.07. The van der Waals surface area contributed by atoms with Crippen LogP contribution in [0.2, 0.25) is 0 Å². The molecule has 6 heteroatoms. The maximum absolute atomic E-state index is 12.5. The molecule has 27 heavy (non-hydrogen) atoms. The average molecular weight is 359 g/mol. The van der Waals surface area contributed by atoms with E-state index in [1.165, 1.54) is 5.56 Å².